The molecule has 0 saturated carbocycles. The third-order valence-corrected chi connectivity index (χ3v) is 3.98. The van der Waals surface area contributed by atoms with Gasteiger partial charge in [-0.25, -0.2) is 0 Å². The van der Waals surface area contributed by atoms with Gasteiger partial charge in [0.05, 0.1) is 0 Å². The summed E-state index contributed by atoms with van der Waals surface area (Å²) in [5.74, 6) is 0.141. The third-order valence-electron chi connectivity index (χ3n) is 3.98. The molecule has 1 heterocycles. The summed E-state index contributed by atoms with van der Waals surface area (Å²) < 4.78 is 0. The van der Waals surface area contributed by atoms with E-state index >= 15 is 0 Å². The molecule has 1 amide bonds. The van der Waals surface area contributed by atoms with Crippen LogP contribution in [0.1, 0.15) is 45.2 Å². The Balaban J connectivity index is 2.10. The predicted molar refractivity (Wildman–Crippen MR) is 84.2 cm³/mol. The van der Waals surface area contributed by atoms with Crippen LogP contribution in [0.2, 0.25) is 0 Å². The first kappa shape index (κ1) is 15.0. The standard InChI is InChI=1S/C17H26N2O/c1-5-8-18-12(2)9-15-6-7-17-16(11-15)10-13(3)19(17)14(4)20/h6-7,11-13,18H,5,8-10H2,1-4H3. The van der Waals surface area contributed by atoms with Gasteiger partial charge >= 0.3 is 0 Å². The molecule has 110 valence electrons. The van der Waals surface area contributed by atoms with Crippen LogP contribution in [0.15, 0.2) is 18.2 Å². The number of hydrogen-bond acceptors (Lipinski definition) is 2. The molecule has 1 aromatic carbocycles. The second-order valence-corrected chi connectivity index (χ2v) is 5.96. The van der Waals surface area contributed by atoms with Gasteiger partial charge in [-0.1, -0.05) is 19.1 Å². The lowest BCUT2D eigenvalue weighted by Crippen LogP contribution is -2.33. The van der Waals surface area contributed by atoms with E-state index in [4.69, 9.17) is 0 Å². The van der Waals surface area contributed by atoms with Crippen molar-refractivity contribution in [2.24, 2.45) is 0 Å². The molecule has 2 unspecified atom stereocenters. The maximum absolute atomic E-state index is 11.7. The molecule has 1 aromatic rings. The largest absolute Gasteiger partial charge is 0.314 e. The topological polar surface area (TPSA) is 32.3 Å². The van der Waals surface area contributed by atoms with E-state index in [1.165, 1.54) is 17.5 Å². The maximum atomic E-state index is 11.7. The second kappa shape index (κ2) is 6.40. The molecular weight excluding hydrogens is 248 g/mol. The zero-order chi connectivity index (χ0) is 14.7. The Kier molecular flexibility index (Phi) is 4.81. The van der Waals surface area contributed by atoms with E-state index < -0.39 is 0 Å². The molecule has 0 aliphatic carbocycles. The first-order valence-electron chi connectivity index (χ1n) is 7.68. The molecule has 1 aliphatic rings. The van der Waals surface area contributed by atoms with Gasteiger partial charge in [-0.3, -0.25) is 4.79 Å². The highest BCUT2D eigenvalue weighted by Crippen LogP contribution is 2.33. The average Bonchev–Trinajstić information content (AvgIpc) is 2.71. The molecule has 0 bridgehead atoms. The van der Waals surface area contributed by atoms with Crippen LogP contribution in [-0.4, -0.2) is 24.5 Å². The molecule has 1 aliphatic heterocycles. The number of fused-ring (bicyclic) bond motifs is 1. The number of carbonyl (C=O) groups is 1. The Hall–Kier alpha value is -1.35. The first-order valence-corrected chi connectivity index (χ1v) is 7.68. The van der Waals surface area contributed by atoms with Gasteiger partial charge in [-0.05, 0) is 56.8 Å². The molecule has 20 heavy (non-hydrogen) atoms. The summed E-state index contributed by atoms with van der Waals surface area (Å²) in [6.45, 7) is 9.25. The third kappa shape index (κ3) is 3.21. The number of amides is 1. The SMILES string of the molecule is CCCNC(C)Cc1ccc2c(c1)CC(C)N2C(C)=O. The monoisotopic (exact) mass is 274 g/mol. The fourth-order valence-electron chi connectivity index (χ4n) is 3.11. The predicted octanol–water partition coefficient (Wildman–Crippen LogP) is 2.91. The molecule has 0 aromatic heterocycles. The summed E-state index contributed by atoms with van der Waals surface area (Å²) in [6, 6.07) is 7.34. The summed E-state index contributed by atoms with van der Waals surface area (Å²) in [7, 11) is 0. The van der Waals surface area contributed by atoms with Crippen LogP contribution < -0.4 is 10.2 Å². The summed E-state index contributed by atoms with van der Waals surface area (Å²) in [6.07, 6.45) is 3.18. The van der Waals surface area contributed by atoms with Crippen molar-refractivity contribution in [2.45, 2.75) is 59.0 Å². The highest BCUT2D eigenvalue weighted by molar-refractivity contribution is 5.94. The molecule has 0 spiro atoms. The van der Waals surface area contributed by atoms with Crippen LogP contribution in [0, 0.1) is 0 Å². The van der Waals surface area contributed by atoms with Crippen molar-refractivity contribution in [3.63, 3.8) is 0 Å². The minimum absolute atomic E-state index is 0.141. The Morgan fingerprint density at radius 1 is 1.50 bits per heavy atom. The van der Waals surface area contributed by atoms with Gasteiger partial charge in [-0.15, -0.1) is 0 Å². The fourth-order valence-corrected chi connectivity index (χ4v) is 3.11. The van der Waals surface area contributed by atoms with E-state index in [1.54, 1.807) is 6.92 Å². The smallest absolute Gasteiger partial charge is 0.224 e. The average molecular weight is 274 g/mol. The van der Waals surface area contributed by atoms with Crippen molar-refractivity contribution < 1.29 is 4.79 Å². The van der Waals surface area contributed by atoms with Gasteiger partial charge in [-0.2, -0.15) is 0 Å². The van der Waals surface area contributed by atoms with Crippen molar-refractivity contribution in [3.05, 3.63) is 29.3 Å². The molecule has 2 atom stereocenters. The number of nitrogens with one attached hydrogen (secondary N) is 1. The van der Waals surface area contributed by atoms with Crippen molar-refractivity contribution in [1.29, 1.82) is 0 Å². The molecule has 3 heteroatoms. The van der Waals surface area contributed by atoms with Crippen LogP contribution in [0.4, 0.5) is 5.69 Å². The van der Waals surface area contributed by atoms with Gasteiger partial charge in [0.15, 0.2) is 0 Å². The van der Waals surface area contributed by atoms with E-state index in [0.717, 1.165) is 25.1 Å². The van der Waals surface area contributed by atoms with Crippen molar-refractivity contribution in [1.82, 2.24) is 5.32 Å². The van der Waals surface area contributed by atoms with E-state index in [-0.39, 0.29) is 11.9 Å². The minimum atomic E-state index is 0.141. The number of benzene rings is 1. The summed E-state index contributed by atoms with van der Waals surface area (Å²) in [5.41, 5.74) is 3.77. The lowest BCUT2D eigenvalue weighted by Gasteiger charge is -2.20. The highest BCUT2D eigenvalue weighted by atomic mass is 16.2. The Bertz CT molecular complexity index is 484. The van der Waals surface area contributed by atoms with Crippen molar-refractivity contribution in [2.75, 3.05) is 11.4 Å². The van der Waals surface area contributed by atoms with Crippen LogP contribution >= 0.6 is 0 Å². The van der Waals surface area contributed by atoms with Crippen molar-refractivity contribution in [3.8, 4) is 0 Å². The Labute approximate surface area is 122 Å². The molecule has 0 saturated heterocycles. The van der Waals surface area contributed by atoms with Crippen molar-refractivity contribution >= 4 is 11.6 Å². The lowest BCUT2D eigenvalue weighted by molar-refractivity contribution is -0.116. The summed E-state index contributed by atoms with van der Waals surface area (Å²) >= 11 is 0. The molecular formula is C17H26N2O. The fraction of sp³-hybridized carbons (Fsp3) is 0.588. The molecule has 1 N–H and O–H groups in total. The molecule has 3 nitrogen and oxygen atoms in total. The molecule has 2 rings (SSSR count). The van der Waals surface area contributed by atoms with Crippen LogP contribution in [0.3, 0.4) is 0 Å². The molecule has 0 fully saturated rings. The number of anilines is 1. The minimum Gasteiger partial charge on any atom is -0.314 e. The van der Waals surface area contributed by atoms with E-state index in [1.807, 2.05) is 4.90 Å². The molecule has 0 radical (unpaired) electrons. The highest BCUT2D eigenvalue weighted by Gasteiger charge is 2.28. The first-order chi connectivity index (χ1) is 9.52. The van der Waals surface area contributed by atoms with E-state index in [0.29, 0.717) is 6.04 Å². The summed E-state index contributed by atoms with van der Waals surface area (Å²) in [4.78, 5) is 13.6. The van der Waals surface area contributed by atoms with Gasteiger partial charge in [0.1, 0.15) is 0 Å². The quantitative estimate of drug-likeness (QED) is 0.895. The summed E-state index contributed by atoms with van der Waals surface area (Å²) in [5, 5.41) is 3.52. The zero-order valence-corrected chi connectivity index (χ0v) is 13.1. The van der Waals surface area contributed by atoms with Gasteiger partial charge in [0.25, 0.3) is 0 Å². The van der Waals surface area contributed by atoms with Crippen LogP contribution in [0.5, 0.6) is 0 Å². The Morgan fingerprint density at radius 2 is 2.25 bits per heavy atom. The van der Waals surface area contributed by atoms with Gasteiger partial charge < -0.3 is 10.2 Å². The second-order valence-electron chi connectivity index (χ2n) is 5.96. The Morgan fingerprint density at radius 3 is 2.90 bits per heavy atom. The number of hydrogen-bond donors (Lipinski definition) is 1. The zero-order valence-electron chi connectivity index (χ0n) is 13.1. The van der Waals surface area contributed by atoms with Crippen LogP contribution in [-0.2, 0) is 17.6 Å². The van der Waals surface area contributed by atoms with Gasteiger partial charge in [0.2, 0.25) is 5.91 Å². The number of carbonyl (C=O) groups excluding carboxylic acids is 1. The van der Waals surface area contributed by atoms with Gasteiger partial charge in [0, 0.05) is 24.7 Å². The number of nitrogens with zero attached hydrogens (tertiary/aromatic N) is 1. The van der Waals surface area contributed by atoms with E-state index in [9.17, 15) is 4.79 Å². The normalized spacial score (nSPS) is 19.0. The lowest BCUT2D eigenvalue weighted by atomic mass is 10.0. The number of rotatable bonds is 5. The van der Waals surface area contributed by atoms with Crippen LogP contribution in [0.25, 0.3) is 0 Å². The maximum Gasteiger partial charge on any atom is 0.224 e. The van der Waals surface area contributed by atoms with E-state index in [2.05, 4.69) is 44.3 Å².